The molecule has 0 amide bonds. The number of rotatable bonds is 4. The molecule has 1 atom stereocenters. The highest BCUT2D eigenvalue weighted by Crippen LogP contribution is 2.06. The summed E-state index contributed by atoms with van der Waals surface area (Å²) >= 11 is 0. The fourth-order valence-electron chi connectivity index (χ4n) is 0.722. The molecular formula is C13H30O4. The fraction of sp³-hybridized carbons (Fsp3) is 1.00. The lowest BCUT2D eigenvalue weighted by molar-refractivity contribution is -0.0436. The summed E-state index contributed by atoms with van der Waals surface area (Å²) in [5, 5.41) is 17.1. The molecule has 1 unspecified atom stereocenters. The number of aliphatic hydroxyl groups excluding tert-OH is 2. The Morgan fingerprint density at radius 3 is 1.47 bits per heavy atom. The van der Waals surface area contributed by atoms with Crippen LogP contribution in [0.4, 0.5) is 0 Å². The van der Waals surface area contributed by atoms with Gasteiger partial charge in [-0.05, 0) is 48.5 Å². The molecule has 0 bridgehead atoms. The quantitative estimate of drug-likeness (QED) is 0.801. The smallest absolute Gasteiger partial charge is 0.0745 e. The van der Waals surface area contributed by atoms with E-state index < -0.39 is 0 Å². The van der Waals surface area contributed by atoms with Gasteiger partial charge in [0.1, 0.15) is 0 Å². The van der Waals surface area contributed by atoms with Crippen molar-refractivity contribution in [3.8, 4) is 0 Å². The van der Waals surface area contributed by atoms with Crippen LogP contribution < -0.4 is 0 Å². The zero-order valence-electron chi connectivity index (χ0n) is 12.4. The highest BCUT2D eigenvalue weighted by Gasteiger charge is 2.10. The van der Waals surface area contributed by atoms with Crippen molar-refractivity contribution in [3.05, 3.63) is 0 Å². The van der Waals surface area contributed by atoms with Crippen LogP contribution in [-0.4, -0.2) is 47.3 Å². The van der Waals surface area contributed by atoms with E-state index in [0.29, 0.717) is 13.2 Å². The zero-order valence-corrected chi connectivity index (χ0v) is 12.4. The average molecular weight is 250 g/mol. The van der Waals surface area contributed by atoms with Crippen LogP contribution in [-0.2, 0) is 9.47 Å². The monoisotopic (exact) mass is 250 g/mol. The third kappa shape index (κ3) is 25.8. The predicted octanol–water partition coefficient (Wildman–Crippen LogP) is 1.98. The predicted molar refractivity (Wildman–Crippen MR) is 70.2 cm³/mol. The lowest BCUT2D eigenvalue weighted by Crippen LogP contribution is -2.24. The molecule has 0 spiro atoms. The molecule has 0 aromatic heterocycles. The van der Waals surface area contributed by atoms with Crippen LogP contribution in [0, 0.1) is 0 Å². The van der Waals surface area contributed by atoms with Crippen LogP contribution in [0.25, 0.3) is 0 Å². The van der Waals surface area contributed by atoms with Gasteiger partial charge in [-0.1, -0.05) is 0 Å². The van der Waals surface area contributed by atoms with E-state index in [4.69, 9.17) is 19.7 Å². The molecule has 4 nitrogen and oxygen atoms in total. The standard InChI is InChI=1S/C7H16O2.C6H14O2/c1-6(8)5-9-7(2,3)4;1-6(2,3)8-5-4-7/h6,8H,5H2,1-4H3;7H,4-5H2,1-3H3. The van der Waals surface area contributed by atoms with Crippen LogP contribution in [0.3, 0.4) is 0 Å². The van der Waals surface area contributed by atoms with E-state index in [9.17, 15) is 0 Å². The molecule has 4 heteroatoms. The van der Waals surface area contributed by atoms with Crippen molar-refractivity contribution in [1.29, 1.82) is 0 Å². The Bertz CT molecular complexity index is 165. The second-order valence-electron chi connectivity index (χ2n) is 5.96. The normalized spacial score (nSPS) is 13.9. The summed E-state index contributed by atoms with van der Waals surface area (Å²) in [7, 11) is 0. The summed E-state index contributed by atoms with van der Waals surface area (Å²) in [5.41, 5.74) is -0.236. The van der Waals surface area contributed by atoms with Gasteiger partial charge < -0.3 is 19.7 Å². The summed E-state index contributed by atoms with van der Waals surface area (Å²) in [6.07, 6.45) is -0.357. The summed E-state index contributed by atoms with van der Waals surface area (Å²) in [6.45, 7) is 14.5. The first-order valence-electron chi connectivity index (χ1n) is 6.05. The Balaban J connectivity index is 0. The third-order valence-electron chi connectivity index (χ3n) is 1.38. The van der Waals surface area contributed by atoms with Crippen molar-refractivity contribution in [2.24, 2.45) is 0 Å². The molecule has 0 saturated heterocycles. The molecule has 106 valence electrons. The maximum atomic E-state index is 8.79. The molecule has 0 rings (SSSR count). The van der Waals surface area contributed by atoms with E-state index in [2.05, 4.69) is 0 Å². The number of hydrogen-bond donors (Lipinski definition) is 2. The Morgan fingerprint density at radius 2 is 1.35 bits per heavy atom. The van der Waals surface area contributed by atoms with Gasteiger partial charge in [-0.3, -0.25) is 0 Å². The highest BCUT2D eigenvalue weighted by molar-refractivity contribution is 4.59. The minimum atomic E-state index is -0.357. The SMILES string of the molecule is CC(C)(C)OCCO.CC(O)COC(C)(C)C. The van der Waals surface area contributed by atoms with Gasteiger partial charge in [0.15, 0.2) is 0 Å². The van der Waals surface area contributed by atoms with Gasteiger partial charge in [0.2, 0.25) is 0 Å². The van der Waals surface area contributed by atoms with Gasteiger partial charge in [0.05, 0.1) is 37.1 Å². The van der Waals surface area contributed by atoms with Crippen LogP contribution in [0.2, 0.25) is 0 Å². The fourth-order valence-corrected chi connectivity index (χ4v) is 0.722. The van der Waals surface area contributed by atoms with Gasteiger partial charge >= 0.3 is 0 Å². The van der Waals surface area contributed by atoms with E-state index in [1.807, 2.05) is 41.5 Å². The van der Waals surface area contributed by atoms with Crippen LogP contribution in [0.5, 0.6) is 0 Å². The van der Waals surface area contributed by atoms with E-state index in [-0.39, 0.29) is 23.9 Å². The highest BCUT2D eigenvalue weighted by atomic mass is 16.5. The van der Waals surface area contributed by atoms with Crippen molar-refractivity contribution < 1.29 is 19.7 Å². The maximum Gasteiger partial charge on any atom is 0.0745 e. The first-order valence-corrected chi connectivity index (χ1v) is 6.05. The van der Waals surface area contributed by atoms with Crippen molar-refractivity contribution in [2.45, 2.75) is 65.8 Å². The molecule has 0 aliphatic heterocycles. The largest absolute Gasteiger partial charge is 0.394 e. The molecule has 0 heterocycles. The van der Waals surface area contributed by atoms with Crippen molar-refractivity contribution >= 4 is 0 Å². The van der Waals surface area contributed by atoms with E-state index >= 15 is 0 Å². The number of hydrogen-bond acceptors (Lipinski definition) is 4. The summed E-state index contributed by atoms with van der Waals surface area (Å²) in [6, 6.07) is 0. The van der Waals surface area contributed by atoms with Gasteiger partial charge in [0.25, 0.3) is 0 Å². The lowest BCUT2D eigenvalue weighted by Gasteiger charge is -2.20. The van der Waals surface area contributed by atoms with Gasteiger partial charge in [0, 0.05) is 0 Å². The molecule has 0 aliphatic rings. The zero-order chi connectivity index (χ0) is 14.1. The average Bonchev–Trinajstić information content (AvgIpc) is 2.10. The molecule has 0 aliphatic carbocycles. The van der Waals surface area contributed by atoms with E-state index in [1.165, 1.54) is 0 Å². The summed E-state index contributed by atoms with van der Waals surface area (Å²) in [5.74, 6) is 0. The van der Waals surface area contributed by atoms with Crippen molar-refractivity contribution in [3.63, 3.8) is 0 Å². The Hall–Kier alpha value is -0.160. The van der Waals surface area contributed by atoms with E-state index in [1.54, 1.807) is 6.92 Å². The summed E-state index contributed by atoms with van der Waals surface area (Å²) < 4.78 is 10.4. The Morgan fingerprint density at radius 1 is 0.941 bits per heavy atom. The molecular weight excluding hydrogens is 220 g/mol. The number of ether oxygens (including phenoxy) is 2. The second-order valence-corrected chi connectivity index (χ2v) is 5.96. The molecule has 0 aromatic rings. The molecule has 0 fully saturated rings. The molecule has 0 radical (unpaired) electrons. The minimum Gasteiger partial charge on any atom is -0.394 e. The minimum absolute atomic E-state index is 0.108. The Labute approximate surface area is 106 Å². The Kier molecular flexibility index (Phi) is 10.0. The topological polar surface area (TPSA) is 58.9 Å². The molecule has 17 heavy (non-hydrogen) atoms. The van der Waals surface area contributed by atoms with Crippen molar-refractivity contribution in [2.75, 3.05) is 19.8 Å². The lowest BCUT2D eigenvalue weighted by atomic mass is 10.2. The first-order chi connectivity index (χ1) is 7.48. The van der Waals surface area contributed by atoms with Gasteiger partial charge in [-0.25, -0.2) is 0 Å². The molecule has 0 saturated carbocycles. The van der Waals surface area contributed by atoms with E-state index in [0.717, 1.165) is 0 Å². The number of aliphatic hydroxyl groups is 2. The van der Waals surface area contributed by atoms with Gasteiger partial charge in [-0.2, -0.15) is 0 Å². The van der Waals surface area contributed by atoms with Crippen molar-refractivity contribution in [1.82, 2.24) is 0 Å². The second kappa shape index (κ2) is 8.86. The maximum absolute atomic E-state index is 8.79. The van der Waals surface area contributed by atoms with Crippen LogP contribution in [0.15, 0.2) is 0 Å². The van der Waals surface area contributed by atoms with Crippen LogP contribution >= 0.6 is 0 Å². The van der Waals surface area contributed by atoms with Gasteiger partial charge in [-0.15, -0.1) is 0 Å². The first kappa shape index (κ1) is 19.2. The third-order valence-corrected chi connectivity index (χ3v) is 1.38. The van der Waals surface area contributed by atoms with Crippen LogP contribution in [0.1, 0.15) is 48.5 Å². The molecule has 0 aromatic carbocycles. The molecule has 2 N–H and O–H groups in total. The summed E-state index contributed by atoms with van der Waals surface area (Å²) in [4.78, 5) is 0.